The zero-order chi connectivity index (χ0) is 13.8. The third-order valence-corrected chi connectivity index (χ3v) is 2.92. The fourth-order valence-electron chi connectivity index (χ4n) is 1.70. The van der Waals surface area contributed by atoms with Crippen LogP contribution in [-0.4, -0.2) is 15.7 Å². The smallest absolute Gasteiger partial charge is 0.328 e. The van der Waals surface area contributed by atoms with Gasteiger partial charge in [0.05, 0.1) is 0 Å². The van der Waals surface area contributed by atoms with Crippen molar-refractivity contribution in [1.29, 1.82) is 0 Å². The minimum absolute atomic E-state index is 0.0715. The summed E-state index contributed by atoms with van der Waals surface area (Å²) in [5.41, 5.74) is 8.86. The van der Waals surface area contributed by atoms with Crippen LogP contribution >= 0.6 is 0 Å². The molecule has 0 radical (unpaired) electrons. The highest BCUT2D eigenvalue weighted by atomic mass is 16.5. The number of nitrogens with two attached hydrogens (primary N) is 1. The van der Waals surface area contributed by atoms with Gasteiger partial charge in [-0.1, -0.05) is 18.2 Å². The Bertz CT molecular complexity index is 590. The topological polar surface area (TPSA) is 70.1 Å². The number of hydrogen-bond acceptors (Lipinski definition) is 4. The molecule has 2 rings (SSSR count). The zero-order valence-electron chi connectivity index (χ0n) is 11.1. The van der Waals surface area contributed by atoms with Gasteiger partial charge in [0.2, 0.25) is 0 Å². The fourth-order valence-corrected chi connectivity index (χ4v) is 1.70. The van der Waals surface area contributed by atoms with E-state index >= 15 is 0 Å². The van der Waals surface area contributed by atoms with Gasteiger partial charge >= 0.3 is 5.97 Å². The molecule has 5 nitrogen and oxygen atoms in total. The van der Waals surface area contributed by atoms with Crippen molar-refractivity contribution >= 4 is 11.8 Å². The second-order valence-electron chi connectivity index (χ2n) is 4.52. The molecule has 0 spiro atoms. The van der Waals surface area contributed by atoms with E-state index in [9.17, 15) is 4.79 Å². The van der Waals surface area contributed by atoms with Crippen molar-refractivity contribution in [2.45, 2.75) is 27.0 Å². The van der Waals surface area contributed by atoms with Crippen molar-refractivity contribution < 1.29 is 9.53 Å². The standard InChI is InChI=1S/C14H17N3O2/c1-10-3-4-12(7-11(10)2)9-19-14(18)8-17-6-5-13(15)16-17/h3-7H,8-9H2,1-2H3,(H2,15,16). The van der Waals surface area contributed by atoms with E-state index in [2.05, 4.69) is 5.10 Å². The maximum atomic E-state index is 11.6. The van der Waals surface area contributed by atoms with Crippen LogP contribution in [0.4, 0.5) is 5.82 Å². The number of hydrogen-bond donors (Lipinski definition) is 1. The monoisotopic (exact) mass is 259 g/mol. The summed E-state index contributed by atoms with van der Waals surface area (Å²) in [6.07, 6.45) is 1.65. The highest BCUT2D eigenvalue weighted by Crippen LogP contribution is 2.10. The van der Waals surface area contributed by atoms with Crippen molar-refractivity contribution in [3.63, 3.8) is 0 Å². The molecule has 0 saturated heterocycles. The number of carbonyl (C=O) groups is 1. The largest absolute Gasteiger partial charge is 0.459 e. The molecule has 0 aliphatic rings. The van der Waals surface area contributed by atoms with Gasteiger partial charge < -0.3 is 10.5 Å². The molecule has 1 aromatic carbocycles. The predicted octanol–water partition coefficient (Wildman–Crippen LogP) is 1.83. The van der Waals surface area contributed by atoms with E-state index in [4.69, 9.17) is 10.5 Å². The number of nitrogens with zero attached hydrogens (tertiary/aromatic N) is 2. The van der Waals surface area contributed by atoms with Crippen LogP contribution in [0.15, 0.2) is 30.5 Å². The molecular weight excluding hydrogens is 242 g/mol. The lowest BCUT2D eigenvalue weighted by Gasteiger charge is -2.07. The maximum absolute atomic E-state index is 11.6. The Labute approximate surface area is 112 Å². The summed E-state index contributed by atoms with van der Waals surface area (Å²) in [7, 11) is 0. The molecule has 0 unspecified atom stereocenters. The van der Waals surface area contributed by atoms with Crippen molar-refractivity contribution in [1.82, 2.24) is 9.78 Å². The molecule has 0 aliphatic carbocycles. The van der Waals surface area contributed by atoms with E-state index in [0.717, 1.165) is 5.56 Å². The van der Waals surface area contributed by atoms with Gasteiger partial charge in [-0.05, 0) is 36.6 Å². The number of anilines is 1. The van der Waals surface area contributed by atoms with Crippen molar-refractivity contribution in [3.8, 4) is 0 Å². The Hall–Kier alpha value is -2.30. The zero-order valence-corrected chi connectivity index (χ0v) is 11.1. The van der Waals surface area contributed by atoms with E-state index < -0.39 is 0 Å². The van der Waals surface area contributed by atoms with Crippen LogP contribution < -0.4 is 5.73 Å². The van der Waals surface area contributed by atoms with E-state index in [1.807, 2.05) is 32.0 Å². The first-order valence-electron chi connectivity index (χ1n) is 6.05. The molecule has 1 aromatic heterocycles. The lowest BCUT2D eigenvalue weighted by Crippen LogP contribution is -2.14. The summed E-state index contributed by atoms with van der Waals surface area (Å²) in [6, 6.07) is 7.64. The molecule has 2 aromatic rings. The first-order valence-corrected chi connectivity index (χ1v) is 6.05. The number of ether oxygens (including phenoxy) is 1. The molecule has 1 heterocycles. The second kappa shape index (κ2) is 5.56. The van der Waals surface area contributed by atoms with Crippen LogP contribution in [-0.2, 0) is 22.7 Å². The quantitative estimate of drug-likeness (QED) is 0.850. The summed E-state index contributed by atoms with van der Waals surface area (Å²) in [6.45, 7) is 4.43. The lowest BCUT2D eigenvalue weighted by atomic mass is 10.1. The molecule has 100 valence electrons. The third kappa shape index (κ3) is 3.58. The van der Waals surface area contributed by atoms with E-state index in [0.29, 0.717) is 5.82 Å². The van der Waals surface area contributed by atoms with Crippen LogP contribution in [0, 0.1) is 13.8 Å². The first kappa shape index (κ1) is 13.1. The minimum atomic E-state index is -0.332. The van der Waals surface area contributed by atoms with Gasteiger partial charge in [-0.3, -0.25) is 9.48 Å². The first-order chi connectivity index (χ1) is 9.04. The molecule has 2 N–H and O–H groups in total. The summed E-state index contributed by atoms with van der Waals surface area (Å²) >= 11 is 0. The number of aryl methyl sites for hydroxylation is 2. The van der Waals surface area contributed by atoms with Gasteiger partial charge in [-0.25, -0.2) is 0 Å². The number of carbonyl (C=O) groups excluding carboxylic acids is 1. The summed E-state index contributed by atoms with van der Waals surface area (Å²) < 4.78 is 6.65. The van der Waals surface area contributed by atoms with Gasteiger partial charge in [0.25, 0.3) is 0 Å². The van der Waals surface area contributed by atoms with Crippen molar-refractivity contribution in [2.24, 2.45) is 0 Å². The molecule has 0 fully saturated rings. The van der Waals surface area contributed by atoms with Crippen molar-refractivity contribution in [3.05, 3.63) is 47.2 Å². The number of esters is 1. The van der Waals surface area contributed by atoms with Gasteiger partial charge in [-0.2, -0.15) is 5.10 Å². The molecule has 19 heavy (non-hydrogen) atoms. The summed E-state index contributed by atoms with van der Waals surface area (Å²) in [5.74, 6) is 0.0586. The van der Waals surface area contributed by atoms with Gasteiger partial charge in [0, 0.05) is 6.20 Å². The van der Waals surface area contributed by atoms with Gasteiger partial charge in [-0.15, -0.1) is 0 Å². The number of aromatic nitrogens is 2. The fraction of sp³-hybridized carbons (Fsp3) is 0.286. The Morgan fingerprint density at radius 3 is 2.74 bits per heavy atom. The lowest BCUT2D eigenvalue weighted by molar-refractivity contribution is -0.145. The van der Waals surface area contributed by atoms with Crippen LogP contribution in [0.1, 0.15) is 16.7 Å². The molecule has 0 atom stereocenters. The molecule has 0 amide bonds. The van der Waals surface area contributed by atoms with E-state index in [1.165, 1.54) is 15.8 Å². The summed E-state index contributed by atoms with van der Waals surface area (Å²) in [4.78, 5) is 11.6. The molecule has 5 heteroatoms. The highest BCUT2D eigenvalue weighted by molar-refractivity contribution is 5.69. The van der Waals surface area contributed by atoms with Crippen LogP contribution in [0.5, 0.6) is 0 Å². The van der Waals surface area contributed by atoms with Crippen LogP contribution in [0.3, 0.4) is 0 Å². The van der Waals surface area contributed by atoms with Gasteiger partial charge in [0.15, 0.2) is 0 Å². The number of nitrogen functional groups attached to an aromatic ring is 1. The van der Waals surface area contributed by atoms with Crippen molar-refractivity contribution in [2.75, 3.05) is 5.73 Å². The normalized spacial score (nSPS) is 10.4. The predicted molar refractivity (Wildman–Crippen MR) is 72.4 cm³/mol. The average Bonchev–Trinajstić information content (AvgIpc) is 2.76. The Balaban J connectivity index is 1.88. The molecule has 0 saturated carbocycles. The molecule has 0 bridgehead atoms. The Morgan fingerprint density at radius 1 is 1.32 bits per heavy atom. The minimum Gasteiger partial charge on any atom is -0.459 e. The summed E-state index contributed by atoms with van der Waals surface area (Å²) in [5, 5.41) is 3.92. The Morgan fingerprint density at radius 2 is 2.11 bits per heavy atom. The SMILES string of the molecule is Cc1ccc(COC(=O)Cn2ccc(N)n2)cc1C. The molecule has 0 aliphatic heterocycles. The highest BCUT2D eigenvalue weighted by Gasteiger charge is 2.06. The second-order valence-corrected chi connectivity index (χ2v) is 4.52. The Kier molecular flexibility index (Phi) is 3.85. The van der Waals surface area contributed by atoms with Gasteiger partial charge in [0.1, 0.15) is 19.0 Å². The average molecular weight is 259 g/mol. The van der Waals surface area contributed by atoms with E-state index in [-0.39, 0.29) is 19.1 Å². The van der Waals surface area contributed by atoms with Crippen LogP contribution in [0.2, 0.25) is 0 Å². The molecular formula is C14H17N3O2. The number of rotatable bonds is 4. The third-order valence-electron chi connectivity index (χ3n) is 2.92. The van der Waals surface area contributed by atoms with Crippen LogP contribution in [0.25, 0.3) is 0 Å². The maximum Gasteiger partial charge on any atom is 0.328 e. The number of benzene rings is 1. The van der Waals surface area contributed by atoms with E-state index in [1.54, 1.807) is 12.3 Å².